The molecule has 1 fully saturated rings. The topological polar surface area (TPSA) is 46.6 Å². The van der Waals surface area contributed by atoms with E-state index in [-0.39, 0.29) is 10.8 Å². The first kappa shape index (κ1) is 13.5. The largest absolute Gasteiger partial charge is 0.313 e. The van der Waals surface area contributed by atoms with Crippen molar-refractivity contribution in [1.82, 2.24) is 5.06 Å². The first-order valence-corrected chi connectivity index (χ1v) is 7.24. The minimum atomic E-state index is -3.79. The lowest BCUT2D eigenvalue weighted by atomic mass is 10.1. The molecule has 0 amide bonds. The van der Waals surface area contributed by atoms with Crippen LogP contribution in [0.15, 0.2) is 29.2 Å². The molecular weight excluding hydrogens is 257 g/mol. The van der Waals surface area contributed by atoms with Gasteiger partial charge in [0.15, 0.2) is 0 Å². The maximum atomic E-state index is 12.4. The van der Waals surface area contributed by atoms with Crippen LogP contribution in [0.3, 0.4) is 0 Å². The van der Waals surface area contributed by atoms with Crippen LogP contribution in [0.2, 0.25) is 0 Å². The highest BCUT2D eigenvalue weighted by Gasteiger charge is 2.28. The van der Waals surface area contributed by atoms with Gasteiger partial charge < -0.3 is 0 Å². The molecule has 0 bridgehead atoms. The van der Waals surface area contributed by atoms with Crippen LogP contribution in [0.4, 0.5) is 4.39 Å². The number of aryl methyl sites for hydroxylation is 1. The van der Waals surface area contributed by atoms with Gasteiger partial charge in [0.1, 0.15) is 0 Å². The lowest BCUT2D eigenvalue weighted by Crippen LogP contribution is -2.25. The Bertz CT molecular complexity index is 501. The van der Waals surface area contributed by atoms with Crippen molar-refractivity contribution >= 4 is 10.1 Å². The first-order valence-electron chi connectivity index (χ1n) is 5.83. The number of hydrogen-bond acceptors (Lipinski definition) is 4. The smallest absolute Gasteiger partial charge is 0.251 e. The van der Waals surface area contributed by atoms with Crippen molar-refractivity contribution in [3.63, 3.8) is 0 Å². The number of nitrogens with zero attached hydrogens (tertiary/aromatic N) is 1. The predicted octanol–water partition coefficient (Wildman–Crippen LogP) is 1.91. The van der Waals surface area contributed by atoms with E-state index in [9.17, 15) is 12.8 Å². The normalized spacial score (nSPS) is 21.3. The van der Waals surface area contributed by atoms with Crippen LogP contribution in [0.5, 0.6) is 0 Å². The van der Waals surface area contributed by atoms with Gasteiger partial charge in [0.05, 0.1) is 11.6 Å². The number of benzene rings is 1. The van der Waals surface area contributed by atoms with E-state index in [0.29, 0.717) is 19.5 Å². The Kier molecular flexibility index (Phi) is 3.99. The predicted molar refractivity (Wildman–Crippen MR) is 65.1 cm³/mol. The van der Waals surface area contributed by atoms with Crippen LogP contribution in [-0.4, -0.2) is 33.2 Å². The van der Waals surface area contributed by atoms with E-state index in [2.05, 4.69) is 0 Å². The third kappa shape index (κ3) is 3.07. The third-order valence-electron chi connectivity index (χ3n) is 2.98. The molecular formula is C12H16FNO3S. The average Bonchev–Trinajstić information content (AvgIpc) is 2.76. The summed E-state index contributed by atoms with van der Waals surface area (Å²) in [6.45, 7) is 2.20. The van der Waals surface area contributed by atoms with Crippen LogP contribution in [-0.2, 0) is 14.4 Å². The van der Waals surface area contributed by atoms with Crippen molar-refractivity contribution < 1.29 is 17.1 Å². The van der Waals surface area contributed by atoms with E-state index >= 15 is 0 Å². The molecule has 0 spiro atoms. The summed E-state index contributed by atoms with van der Waals surface area (Å²) < 4.78 is 41.3. The maximum absolute atomic E-state index is 12.4. The van der Waals surface area contributed by atoms with Gasteiger partial charge in [-0.15, -0.1) is 0 Å². The van der Waals surface area contributed by atoms with Crippen LogP contribution in [0, 0.1) is 12.8 Å². The summed E-state index contributed by atoms with van der Waals surface area (Å²) in [5.74, 6) is -0.127. The van der Waals surface area contributed by atoms with Gasteiger partial charge in [-0.25, -0.2) is 0 Å². The molecule has 1 aliphatic heterocycles. The van der Waals surface area contributed by atoms with E-state index in [1.165, 1.54) is 17.2 Å². The van der Waals surface area contributed by atoms with Crippen molar-refractivity contribution in [3.05, 3.63) is 29.8 Å². The van der Waals surface area contributed by atoms with Gasteiger partial charge in [0, 0.05) is 19.0 Å². The van der Waals surface area contributed by atoms with E-state index in [4.69, 9.17) is 4.28 Å². The second-order valence-corrected chi connectivity index (χ2v) is 6.07. The van der Waals surface area contributed by atoms with E-state index in [0.717, 1.165) is 5.56 Å². The average molecular weight is 273 g/mol. The van der Waals surface area contributed by atoms with Crippen LogP contribution in [0.1, 0.15) is 12.0 Å². The molecule has 0 radical (unpaired) electrons. The monoisotopic (exact) mass is 273 g/mol. The fourth-order valence-electron chi connectivity index (χ4n) is 1.88. The summed E-state index contributed by atoms with van der Waals surface area (Å²) in [5.41, 5.74) is 0.979. The molecule has 0 unspecified atom stereocenters. The molecule has 1 atom stereocenters. The van der Waals surface area contributed by atoms with Crippen molar-refractivity contribution in [3.8, 4) is 0 Å². The highest BCUT2D eigenvalue weighted by atomic mass is 32.2. The molecule has 1 aromatic rings. The van der Waals surface area contributed by atoms with Crippen LogP contribution < -0.4 is 0 Å². The number of hydrogen-bond donors (Lipinski definition) is 0. The van der Waals surface area contributed by atoms with Crippen molar-refractivity contribution in [2.45, 2.75) is 18.2 Å². The van der Waals surface area contributed by atoms with Gasteiger partial charge in [0.25, 0.3) is 0 Å². The Morgan fingerprint density at radius 2 is 2.06 bits per heavy atom. The summed E-state index contributed by atoms with van der Waals surface area (Å²) in [6.07, 6.45) is 0.625. The molecule has 0 saturated carbocycles. The SMILES string of the molecule is Cc1ccc(S(=O)(=O)ON2CC[C@@H](CF)C2)cc1. The molecule has 2 rings (SSSR count). The van der Waals surface area contributed by atoms with E-state index < -0.39 is 16.8 Å². The van der Waals surface area contributed by atoms with Gasteiger partial charge in [-0.1, -0.05) is 17.7 Å². The van der Waals surface area contributed by atoms with Gasteiger partial charge in [0.2, 0.25) is 0 Å². The van der Waals surface area contributed by atoms with E-state index in [1.807, 2.05) is 6.92 Å². The molecule has 0 aliphatic carbocycles. The van der Waals surface area contributed by atoms with Crippen molar-refractivity contribution in [1.29, 1.82) is 0 Å². The molecule has 18 heavy (non-hydrogen) atoms. The lowest BCUT2D eigenvalue weighted by molar-refractivity contribution is -0.0315. The molecule has 4 nitrogen and oxygen atoms in total. The van der Waals surface area contributed by atoms with Gasteiger partial charge >= 0.3 is 10.1 Å². The Labute approximate surface area is 106 Å². The Morgan fingerprint density at radius 1 is 1.39 bits per heavy atom. The van der Waals surface area contributed by atoms with Gasteiger partial charge in [-0.2, -0.15) is 17.8 Å². The molecule has 1 heterocycles. The molecule has 0 aromatic heterocycles. The molecule has 1 aliphatic rings. The second kappa shape index (κ2) is 5.34. The maximum Gasteiger partial charge on any atom is 0.313 e. The fraction of sp³-hybridized carbons (Fsp3) is 0.500. The summed E-state index contributed by atoms with van der Waals surface area (Å²) in [7, 11) is -3.79. The Hall–Kier alpha value is -0.980. The van der Waals surface area contributed by atoms with Gasteiger partial charge in [-0.3, -0.25) is 4.39 Å². The highest BCUT2D eigenvalue weighted by molar-refractivity contribution is 7.86. The Morgan fingerprint density at radius 3 is 2.61 bits per heavy atom. The quantitative estimate of drug-likeness (QED) is 0.840. The summed E-state index contributed by atoms with van der Waals surface area (Å²) >= 11 is 0. The van der Waals surface area contributed by atoms with Crippen molar-refractivity contribution in [2.75, 3.05) is 19.8 Å². The summed E-state index contributed by atoms with van der Waals surface area (Å²) in [6, 6.07) is 6.44. The molecule has 1 saturated heterocycles. The second-order valence-electron chi connectivity index (χ2n) is 4.54. The zero-order valence-electron chi connectivity index (χ0n) is 10.2. The zero-order valence-corrected chi connectivity index (χ0v) is 11.0. The minimum Gasteiger partial charge on any atom is -0.251 e. The molecule has 1 aromatic carbocycles. The number of halogens is 1. The molecule has 0 N–H and O–H groups in total. The fourth-order valence-corrected chi connectivity index (χ4v) is 2.85. The molecule has 100 valence electrons. The summed E-state index contributed by atoms with van der Waals surface area (Å²) in [4.78, 5) is 0.122. The molecule has 6 heteroatoms. The van der Waals surface area contributed by atoms with Crippen LogP contribution >= 0.6 is 0 Å². The summed E-state index contributed by atoms with van der Waals surface area (Å²) in [5, 5.41) is 1.32. The number of alkyl halides is 1. The third-order valence-corrected chi connectivity index (χ3v) is 4.24. The van der Waals surface area contributed by atoms with Crippen LogP contribution in [0.25, 0.3) is 0 Å². The lowest BCUT2D eigenvalue weighted by Gasteiger charge is -2.14. The zero-order chi connectivity index (χ0) is 13.2. The minimum absolute atomic E-state index is 0.122. The van der Waals surface area contributed by atoms with Crippen molar-refractivity contribution in [2.24, 2.45) is 5.92 Å². The van der Waals surface area contributed by atoms with Gasteiger partial charge in [-0.05, 0) is 25.5 Å². The standard InChI is InChI=1S/C12H16FNO3S/c1-10-2-4-12(5-3-10)18(15,16)17-14-7-6-11(8-13)9-14/h2-5,11H,6-9H2,1H3/t11-/m0/s1. The number of hydroxylamine groups is 2. The first-order chi connectivity index (χ1) is 8.51. The highest BCUT2D eigenvalue weighted by Crippen LogP contribution is 2.21. The van der Waals surface area contributed by atoms with E-state index in [1.54, 1.807) is 12.1 Å². The Balaban J connectivity index is 2.06. The number of rotatable bonds is 4.